The van der Waals surface area contributed by atoms with Gasteiger partial charge < -0.3 is 10.6 Å². The SMILES string of the molecule is CCCCC[C@H](CN(O)C=O)C(=O)NCNC(=O)c1cccc(-c2cnn(CC)c2)c1. The summed E-state index contributed by atoms with van der Waals surface area (Å²) >= 11 is 0. The second kappa shape index (κ2) is 12.5. The second-order valence-corrected chi connectivity index (χ2v) is 7.31. The number of unbranched alkanes of at least 4 members (excludes halogenated alkanes) is 2. The normalized spacial score (nSPS) is 11.6. The van der Waals surface area contributed by atoms with Crippen molar-refractivity contribution >= 4 is 18.2 Å². The highest BCUT2D eigenvalue weighted by Gasteiger charge is 2.20. The number of nitrogens with zero attached hydrogens (tertiary/aromatic N) is 3. The van der Waals surface area contributed by atoms with Crippen LogP contribution in [0.2, 0.25) is 0 Å². The standard InChI is InChI=1S/C22H31N5O4/c1-3-5-6-8-19(14-27(31)16-28)22(30)24-15-23-21(29)18-10-7-9-17(11-18)20-12-25-26(4-2)13-20/h7,9-13,16,19,31H,3-6,8,14-15H2,1-2H3,(H,23,29)(H,24,30)/t19-/m1/s1. The van der Waals surface area contributed by atoms with E-state index >= 15 is 0 Å². The quantitative estimate of drug-likeness (QED) is 0.149. The third-order valence-electron chi connectivity index (χ3n) is 4.98. The van der Waals surface area contributed by atoms with Crippen LogP contribution in [-0.2, 0) is 16.1 Å². The van der Waals surface area contributed by atoms with E-state index in [4.69, 9.17) is 0 Å². The van der Waals surface area contributed by atoms with E-state index in [0.717, 1.165) is 36.9 Å². The zero-order valence-corrected chi connectivity index (χ0v) is 18.1. The Hall–Kier alpha value is -3.20. The van der Waals surface area contributed by atoms with Crippen molar-refractivity contribution in [1.29, 1.82) is 0 Å². The molecule has 1 heterocycles. The topological polar surface area (TPSA) is 117 Å². The smallest absolute Gasteiger partial charge is 0.252 e. The predicted molar refractivity (Wildman–Crippen MR) is 116 cm³/mol. The first-order valence-electron chi connectivity index (χ1n) is 10.6. The van der Waals surface area contributed by atoms with E-state index in [1.807, 2.05) is 23.9 Å². The number of hydrogen-bond acceptors (Lipinski definition) is 5. The van der Waals surface area contributed by atoms with Gasteiger partial charge in [0.15, 0.2) is 0 Å². The van der Waals surface area contributed by atoms with Gasteiger partial charge in [-0.2, -0.15) is 5.10 Å². The summed E-state index contributed by atoms with van der Waals surface area (Å²) in [6.45, 7) is 4.69. The van der Waals surface area contributed by atoms with Gasteiger partial charge in [0.1, 0.15) is 0 Å². The van der Waals surface area contributed by atoms with Crippen LogP contribution < -0.4 is 10.6 Å². The summed E-state index contributed by atoms with van der Waals surface area (Å²) in [6, 6.07) is 7.18. The van der Waals surface area contributed by atoms with Crippen molar-refractivity contribution in [2.24, 2.45) is 5.92 Å². The lowest BCUT2D eigenvalue weighted by Gasteiger charge is -2.19. The molecule has 9 nitrogen and oxygen atoms in total. The van der Waals surface area contributed by atoms with Gasteiger partial charge in [-0.25, -0.2) is 5.06 Å². The van der Waals surface area contributed by atoms with Crippen molar-refractivity contribution in [3.8, 4) is 11.1 Å². The van der Waals surface area contributed by atoms with Crippen LogP contribution in [0.25, 0.3) is 11.1 Å². The molecule has 9 heteroatoms. The summed E-state index contributed by atoms with van der Waals surface area (Å²) in [7, 11) is 0. The fraction of sp³-hybridized carbons (Fsp3) is 0.455. The Labute approximate surface area is 182 Å². The largest absolute Gasteiger partial charge is 0.338 e. The van der Waals surface area contributed by atoms with Crippen LogP contribution in [0.4, 0.5) is 0 Å². The van der Waals surface area contributed by atoms with Crippen molar-refractivity contribution in [2.75, 3.05) is 13.2 Å². The minimum Gasteiger partial charge on any atom is -0.338 e. The van der Waals surface area contributed by atoms with Gasteiger partial charge in [0.25, 0.3) is 5.91 Å². The lowest BCUT2D eigenvalue weighted by atomic mass is 10.0. The molecule has 0 aliphatic carbocycles. The van der Waals surface area contributed by atoms with Crippen molar-refractivity contribution < 1.29 is 19.6 Å². The molecule has 0 bridgehead atoms. The summed E-state index contributed by atoms with van der Waals surface area (Å²) in [5.41, 5.74) is 2.27. The first-order valence-corrected chi connectivity index (χ1v) is 10.6. The molecule has 3 N–H and O–H groups in total. The molecule has 0 spiro atoms. The van der Waals surface area contributed by atoms with Crippen LogP contribution in [-0.4, -0.2) is 51.5 Å². The molecule has 0 aliphatic heterocycles. The summed E-state index contributed by atoms with van der Waals surface area (Å²) in [5.74, 6) is -1.18. The molecule has 2 rings (SSSR count). The van der Waals surface area contributed by atoms with Crippen molar-refractivity contribution in [3.05, 3.63) is 42.2 Å². The van der Waals surface area contributed by atoms with Gasteiger partial charge in [0.05, 0.1) is 25.3 Å². The molecule has 1 aromatic carbocycles. The molecular formula is C22H31N5O4. The lowest BCUT2D eigenvalue weighted by Crippen LogP contribution is -2.43. The highest BCUT2D eigenvalue weighted by atomic mass is 16.5. The third-order valence-corrected chi connectivity index (χ3v) is 4.98. The Morgan fingerprint density at radius 1 is 1.23 bits per heavy atom. The average Bonchev–Trinajstić information content (AvgIpc) is 3.27. The van der Waals surface area contributed by atoms with E-state index in [1.165, 1.54) is 0 Å². The Bertz CT molecular complexity index is 867. The van der Waals surface area contributed by atoms with Crippen LogP contribution in [0.3, 0.4) is 0 Å². The van der Waals surface area contributed by atoms with Crippen molar-refractivity contribution in [2.45, 2.75) is 46.1 Å². The first-order chi connectivity index (χ1) is 15.0. The zero-order chi connectivity index (χ0) is 22.6. The van der Waals surface area contributed by atoms with Crippen LogP contribution >= 0.6 is 0 Å². The second-order valence-electron chi connectivity index (χ2n) is 7.31. The monoisotopic (exact) mass is 429 g/mol. The minimum absolute atomic E-state index is 0.0491. The Morgan fingerprint density at radius 3 is 2.71 bits per heavy atom. The molecule has 2 aromatic rings. The van der Waals surface area contributed by atoms with Crippen LogP contribution in [0.1, 0.15) is 49.9 Å². The Kier molecular flexibility index (Phi) is 9.70. The summed E-state index contributed by atoms with van der Waals surface area (Å²) in [4.78, 5) is 35.6. The van der Waals surface area contributed by atoms with Gasteiger partial charge >= 0.3 is 0 Å². The van der Waals surface area contributed by atoms with Gasteiger partial charge in [-0.05, 0) is 31.0 Å². The third kappa shape index (κ3) is 7.53. The fourth-order valence-electron chi connectivity index (χ4n) is 3.20. The summed E-state index contributed by atoms with van der Waals surface area (Å²) in [6.07, 6.45) is 7.27. The Balaban J connectivity index is 1.91. The number of aromatic nitrogens is 2. The summed E-state index contributed by atoms with van der Waals surface area (Å²) in [5, 5.41) is 19.5. The maximum atomic E-state index is 12.5. The van der Waals surface area contributed by atoms with E-state index in [9.17, 15) is 19.6 Å². The average molecular weight is 430 g/mol. The van der Waals surface area contributed by atoms with Gasteiger partial charge in [-0.3, -0.25) is 24.3 Å². The minimum atomic E-state index is -0.544. The molecule has 1 aromatic heterocycles. The zero-order valence-electron chi connectivity index (χ0n) is 18.1. The van der Waals surface area contributed by atoms with Gasteiger partial charge in [-0.15, -0.1) is 0 Å². The predicted octanol–water partition coefficient (Wildman–Crippen LogP) is 2.42. The number of benzene rings is 1. The molecule has 0 radical (unpaired) electrons. The number of hydrogen-bond donors (Lipinski definition) is 3. The molecule has 1 atom stereocenters. The molecule has 0 saturated heterocycles. The maximum absolute atomic E-state index is 12.5. The van der Waals surface area contributed by atoms with Crippen molar-refractivity contribution in [3.63, 3.8) is 0 Å². The molecular weight excluding hydrogens is 398 g/mol. The molecule has 0 aliphatic rings. The molecule has 31 heavy (non-hydrogen) atoms. The highest BCUT2D eigenvalue weighted by Crippen LogP contribution is 2.19. The first kappa shape index (κ1) is 24.1. The van der Waals surface area contributed by atoms with E-state index in [-0.39, 0.29) is 31.4 Å². The molecule has 0 fully saturated rings. The molecule has 0 unspecified atom stereocenters. The number of nitrogens with one attached hydrogen (secondary N) is 2. The van der Waals surface area contributed by atoms with E-state index in [2.05, 4.69) is 22.7 Å². The molecule has 168 valence electrons. The fourth-order valence-corrected chi connectivity index (χ4v) is 3.20. The van der Waals surface area contributed by atoms with Crippen LogP contribution in [0.5, 0.6) is 0 Å². The van der Waals surface area contributed by atoms with Crippen LogP contribution in [0, 0.1) is 5.92 Å². The molecule has 3 amide bonds. The molecule has 0 saturated carbocycles. The van der Waals surface area contributed by atoms with E-state index in [1.54, 1.807) is 24.4 Å². The van der Waals surface area contributed by atoms with E-state index in [0.29, 0.717) is 17.0 Å². The van der Waals surface area contributed by atoms with Gasteiger partial charge in [0.2, 0.25) is 12.3 Å². The van der Waals surface area contributed by atoms with Crippen LogP contribution in [0.15, 0.2) is 36.7 Å². The number of rotatable bonds is 13. The number of amides is 3. The number of hydroxylamine groups is 2. The summed E-state index contributed by atoms with van der Waals surface area (Å²) < 4.78 is 1.81. The Morgan fingerprint density at radius 2 is 2.03 bits per heavy atom. The number of aryl methyl sites for hydroxylation is 1. The van der Waals surface area contributed by atoms with Crippen molar-refractivity contribution in [1.82, 2.24) is 25.5 Å². The van der Waals surface area contributed by atoms with E-state index < -0.39 is 5.92 Å². The van der Waals surface area contributed by atoms with Gasteiger partial charge in [-0.1, -0.05) is 38.3 Å². The van der Waals surface area contributed by atoms with Gasteiger partial charge in [0, 0.05) is 23.9 Å². The highest BCUT2D eigenvalue weighted by molar-refractivity contribution is 5.95. The maximum Gasteiger partial charge on any atom is 0.252 e. The number of carbonyl (C=O) groups is 3. The lowest BCUT2D eigenvalue weighted by molar-refractivity contribution is -0.154. The number of carbonyl (C=O) groups excluding carboxylic acids is 3.